The predicted molar refractivity (Wildman–Crippen MR) is 329 cm³/mol. The van der Waals surface area contributed by atoms with Crippen LogP contribution < -0.4 is 0 Å². The predicted octanol–water partition coefficient (Wildman–Crippen LogP) is 21.4. The number of esters is 3. The molecule has 0 aromatic rings. The summed E-state index contributed by atoms with van der Waals surface area (Å²) in [7, 11) is 0. The van der Waals surface area contributed by atoms with Crippen molar-refractivity contribution in [3.05, 3.63) is 134 Å². The molecule has 0 radical (unpaired) electrons. The summed E-state index contributed by atoms with van der Waals surface area (Å²) in [4.78, 5) is 37.9. The topological polar surface area (TPSA) is 78.9 Å². The fraction of sp³-hybridized carbons (Fsp3) is 0.643. The third-order valence-electron chi connectivity index (χ3n) is 12.9. The van der Waals surface area contributed by atoms with Gasteiger partial charge in [-0.15, -0.1) is 0 Å². The highest BCUT2D eigenvalue weighted by Crippen LogP contribution is 2.15. The summed E-state index contributed by atoms with van der Waals surface area (Å²) >= 11 is 0. The number of carbonyl (C=O) groups is 3. The van der Waals surface area contributed by atoms with E-state index in [-0.39, 0.29) is 31.1 Å². The van der Waals surface area contributed by atoms with Crippen LogP contribution in [0.1, 0.15) is 271 Å². The Kier molecular flexibility index (Phi) is 59.4. The SMILES string of the molecule is CC/C=C\C/C=C\C/C=C\C/C=C\C/C=C\C/C=C\C/C=C\CCCCCCCCCCCCCCCC(=O)OCC(COC(=O)CCCCCCCC)OC(=O)CCCCCC/C=C\C/C=C\C/C=C\C/C=C\CC. The van der Waals surface area contributed by atoms with Crippen molar-refractivity contribution < 1.29 is 28.6 Å². The molecule has 0 heterocycles. The lowest BCUT2D eigenvalue weighted by atomic mass is 10.0. The van der Waals surface area contributed by atoms with Gasteiger partial charge in [0.05, 0.1) is 0 Å². The molecule has 0 bridgehead atoms. The smallest absolute Gasteiger partial charge is 0.306 e. The molecule has 6 nitrogen and oxygen atoms in total. The van der Waals surface area contributed by atoms with E-state index in [0.29, 0.717) is 19.3 Å². The zero-order valence-electron chi connectivity index (χ0n) is 49.2. The molecule has 0 rings (SSSR count). The number of allylic oxidation sites excluding steroid dienone is 22. The second-order valence-electron chi connectivity index (χ2n) is 20.2. The van der Waals surface area contributed by atoms with Crippen molar-refractivity contribution in [1.82, 2.24) is 0 Å². The van der Waals surface area contributed by atoms with Crippen molar-refractivity contribution in [3.8, 4) is 0 Å². The molecule has 0 aliphatic rings. The van der Waals surface area contributed by atoms with Crippen LogP contribution in [0.15, 0.2) is 134 Å². The summed E-state index contributed by atoms with van der Waals surface area (Å²) in [5.41, 5.74) is 0. The van der Waals surface area contributed by atoms with Crippen LogP contribution in [-0.2, 0) is 28.6 Å². The van der Waals surface area contributed by atoms with Crippen molar-refractivity contribution >= 4 is 17.9 Å². The van der Waals surface area contributed by atoms with Crippen molar-refractivity contribution in [2.45, 2.75) is 277 Å². The summed E-state index contributed by atoms with van der Waals surface area (Å²) in [6.45, 7) is 6.33. The third kappa shape index (κ3) is 60.4. The van der Waals surface area contributed by atoms with Crippen LogP contribution in [0, 0.1) is 0 Å². The van der Waals surface area contributed by atoms with E-state index < -0.39 is 6.10 Å². The van der Waals surface area contributed by atoms with Crippen LogP contribution >= 0.6 is 0 Å². The van der Waals surface area contributed by atoms with Crippen molar-refractivity contribution in [2.24, 2.45) is 0 Å². The normalized spacial score (nSPS) is 13.0. The highest BCUT2D eigenvalue weighted by molar-refractivity contribution is 5.71. The monoisotopic (exact) mass is 1050 g/mol. The van der Waals surface area contributed by atoms with Gasteiger partial charge in [-0.3, -0.25) is 14.4 Å². The molecule has 6 heteroatoms. The van der Waals surface area contributed by atoms with Crippen LogP contribution in [0.3, 0.4) is 0 Å². The lowest BCUT2D eigenvalue weighted by Crippen LogP contribution is -2.30. The minimum atomic E-state index is -0.791. The van der Waals surface area contributed by atoms with Gasteiger partial charge in [0.1, 0.15) is 13.2 Å². The molecule has 1 atom stereocenters. The van der Waals surface area contributed by atoms with Gasteiger partial charge >= 0.3 is 17.9 Å². The van der Waals surface area contributed by atoms with Gasteiger partial charge in [-0.05, 0) is 116 Å². The molecule has 430 valence electrons. The number of rotatable bonds is 55. The van der Waals surface area contributed by atoms with Gasteiger partial charge in [-0.25, -0.2) is 0 Å². The van der Waals surface area contributed by atoms with Crippen LogP contribution in [0.4, 0.5) is 0 Å². The van der Waals surface area contributed by atoms with Gasteiger partial charge in [0.2, 0.25) is 0 Å². The standard InChI is InChI=1S/C70H114O6/c1-4-7-10-13-16-18-20-22-24-26-27-28-29-30-31-32-33-34-35-36-37-38-39-40-41-42-43-45-46-48-50-52-54-57-60-63-69(72)75-66-67(65-74-68(71)62-59-56-15-12-9-6-3)76-70(73)64-61-58-55-53-51-49-47-44-25-23-21-19-17-14-11-8-5-2/h7-8,10-11,16-19,22-25,27-28,30-31,33-34,36-37,47,49,67H,4-6,9,12-15,20-21,26,29,32,35,38-46,48,50-66H2,1-3H3/b10-7-,11-8-,18-16-,19-17-,24-22-,25-23-,28-27-,31-30-,34-33-,37-36-,49-47-. The van der Waals surface area contributed by atoms with E-state index in [1.54, 1.807) is 0 Å². The number of carbonyl (C=O) groups excluding carboxylic acids is 3. The highest BCUT2D eigenvalue weighted by Gasteiger charge is 2.19. The van der Waals surface area contributed by atoms with E-state index in [1.165, 1.54) is 89.9 Å². The number of ether oxygens (including phenoxy) is 3. The molecule has 0 amide bonds. The Bertz CT molecular complexity index is 1630. The fourth-order valence-corrected chi connectivity index (χ4v) is 8.30. The molecule has 76 heavy (non-hydrogen) atoms. The van der Waals surface area contributed by atoms with E-state index in [2.05, 4.69) is 154 Å². The van der Waals surface area contributed by atoms with Crippen LogP contribution in [0.25, 0.3) is 0 Å². The maximum Gasteiger partial charge on any atom is 0.306 e. The fourth-order valence-electron chi connectivity index (χ4n) is 8.30. The molecular weight excluding hydrogens is 937 g/mol. The average Bonchev–Trinajstić information content (AvgIpc) is 3.42. The van der Waals surface area contributed by atoms with Crippen LogP contribution in [0.5, 0.6) is 0 Å². The largest absolute Gasteiger partial charge is 0.462 e. The van der Waals surface area contributed by atoms with E-state index in [1.807, 2.05) is 0 Å². The van der Waals surface area contributed by atoms with Gasteiger partial charge in [0, 0.05) is 19.3 Å². The number of hydrogen-bond donors (Lipinski definition) is 0. The molecule has 0 aliphatic heterocycles. The second-order valence-corrected chi connectivity index (χ2v) is 20.2. The van der Waals surface area contributed by atoms with Crippen LogP contribution in [-0.4, -0.2) is 37.2 Å². The Hall–Kier alpha value is -4.45. The molecule has 0 aromatic heterocycles. The zero-order valence-corrected chi connectivity index (χ0v) is 49.2. The Balaban J connectivity index is 4.06. The van der Waals surface area contributed by atoms with E-state index in [9.17, 15) is 14.4 Å². The van der Waals surface area contributed by atoms with Crippen molar-refractivity contribution in [3.63, 3.8) is 0 Å². The summed E-state index contributed by atoms with van der Waals surface area (Å²) in [5, 5.41) is 0. The lowest BCUT2D eigenvalue weighted by molar-refractivity contribution is -0.167. The van der Waals surface area contributed by atoms with Gasteiger partial charge in [0.15, 0.2) is 6.10 Å². The highest BCUT2D eigenvalue weighted by atomic mass is 16.6. The van der Waals surface area contributed by atoms with Gasteiger partial charge < -0.3 is 14.2 Å². The van der Waals surface area contributed by atoms with Gasteiger partial charge in [-0.1, -0.05) is 270 Å². The van der Waals surface area contributed by atoms with E-state index in [4.69, 9.17) is 14.2 Å². The Morgan fingerprint density at radius 3 is 0.803 bits per heavy atom. The Morgan fingerprint density at radius 2 is 0.513 bits per heavy atom. The number of unbranched alkanes of at least 4 members (excludes halogenated alkanes) is 22. The first kappa shape index (κ1) is 71.5. The number of hydrogen-bond acceptors (Lipinski definition) is 6. The minimum Gasteiger partial charge on any atom is -0.462 e. The van der Waals surface area contributed by atoms with Crippen molar-refractivity contribution in [1.29, 1.82) is 0 Å². The maximum absolute atomic E-state index is 12.8. The summed E-state index contributed by atoms with van der Waals surface area (Å²) in [6, 6.07) is 0. The summed E-state index contributed by atoms with van der Waals surface area (Å²) < 4.78 is 16.7. The maximum atomic E-state index is 12.8. The first-order chi connectivity index (χ1) is 37.5. The zero-order chi connectivity index (χ0) is 55.0. The van der Waals surface area contributed by atoms with Gasteiger partial charge in [0.25, 0.3) is 0 Å². The molecule has 0 saturated carbocycles. The molecule has 0 saturated heterocycles. The first-order valence-electron chi connectivity index (χ1n) is 31.2. The Morgan fingerprint density at radius 1 is 0.276 bits per heavy atom. The Labute approximate surface area is 468 Å². The molecular formula is C70H114O6. The first-order valence-corrected chi connectivity index (χ1v) is 31.2. The van der Waals surface area contributed by atoms with Crippen LogP contribution in [0.2, 0.25) is 0 Å². The summed E-state index contributed by atoms with van der Waals surface area (Å²) in [6.07, 6.45) is 89.3. The minimum absolute atomic E-state index is 0.0896. The lowest BCUT2D eigenvalue weighted by Gasteiger charge is -2.18. The third-order valence-corrected chi connectivity index (χ3v) is 12.9. The molecule has 0 spiro atoms. The van der Waals surface area contributed by atoms with Gasteiger partial charge in [-0.2, -0.15) is 0 Å². The molecule has 1 unspecified atom stereocenters. The molecule has 0 fully saturated rings. The molecule has 0 aromatic carbocycles. The quantitative estimate of drug-likeness (QED) is 0.0261. The van der Waals surface area contributed by atoms with Crippen molar-refractivity contribution in [2.75, 3.05) is 13.2 Å². The van der Waals surface area contributed by atoms with E-state index in [0.717, 1.165) is 141 Å². The molecule has 0 N–H and O–H groups in total. The van der Waals surface area contributed by atoms with E-state index >= 15 is 0 Å². The average molecular weight is 1050 g/mol. The summed E-state index contributed by atoms with van der Waals surface area (Å²) in [5.74, 6) is -0.925. The second kappa shape index (κ2) is 63.1. The molecule has 0 aliphatic carbocycles.